The van der Waals surface area contributed by atoms with Crippen LogP contribution in [-0.4, -0.2) is 50.7 Å². The molecule has 1 saturated carbocycles. The van der Waals surface area contributed by atoms with Crippen molar-refractivity contribution in [1.29, 1.82) is 0 Å². The van der Waals surface area contributed by atoms with E-state index in [2.05, 4.69) is 4.98 Å². The Balaban J connectivity index is 1.73. The predicted molar refractivity (Wildman–Crippen MR) is 91.4 cm³/mol. The van der Waals surface area contributed by atoms with Crippen LogP contribution in [0.25, 0.3) is 10.9 Å². The first-order valence-electron chi connectivity index (χ1n) is 8.63. The van der Waals surface area contributed by atoms with Crippen molar-refractivity contribution in [3.05, 3.63) is 41.6 Å². The minimum Gasteiger partial charge on any atom is -0.479 e. The molecular weight excluding hydrogens is 320 g/mol. The highest BCUT2D eigenvalue weighted by Crippen LogP contribution is 2.40. The number of carbonyl (C=O) groups is 2. The van der Waals surface area contributed by atoms with Gasteiger partial charge in [-0.1, -0.05) is 18.2 Å². The number of hydrogen-bond acceptors (Lipinski definition) is 4. The van der Waals surface area contributed by atoms with Crippen molar-refractivity contribution < 1.29 is 19.8 Å². The minimum atomic E-state index is -1.87. The fraction of sp³-hybridized carbons (Fsp3) is 0.421. The van der Waals surface area contributed by atoms with Crippen LogP contribution in [0.4, 0.5) is 0 Å². The summed E-state index contributed by atoms with van der Waals surface area (Å²) in [7, 11) is 0. The minimum absolute atomic E-state index is 0.163. The van der Waals surface area contributed by atoms with Crippen LogP contribution in [0.15, 0.2) is 30.3 Å². The highest BCUT2D eigenvalue weighted by molar-refractivity contribution is 6.06. The maximum atomic E-state index is 13.1. The third-order valence-electron chi connectivity index (χ3n) is 5.12. The van der Waals surface area contributed by atoms with Crippen LogP contribution in [0.2, 0.25) is 0 Å². The molecule has 0 bridgehead atoms. The van der Waals surface area contributed by atoms with Gasteiger partial charge in [-0.2, -0.15) is 0 Å². The first-order chi connectivity index (χ1) is 12.0. The fourth-order valence-electron chi connectivity index (χ4n) is 3.52. The second-order valence-electron chi connectivity index (χ2n) is 7.05. The molecule has 130 valence electrons. The van der Waals surface area contributed by atoms with Gasteiger partial charge in [-0.25, -0.2) is 4.79 Å². The van der Waals surface area contributed by atoms with Crippen LogP contribution >= 0.6 is 0 Å². The van der Waals surface area contributed by atoms with Crippen molar-refractivity contribution >= 4 is 22.8 Å². The molecule has 2 heterocycles. The molecule has 6 nitrogen and oxygen atoms in total. The zero-order chi connectivity index (χ0) is 17.6. The first-order valence-corrected chi connectivity index (χ1v) is 8.63. The highest BCUT2D eigenvalue weighted by atomic mass is 16.4. The van der Waals surface area contributed by atoms with E-state index in [1.807, 2.05) is 30.3 Å². The summed E-state index contributed by atoms with van der Waals surface area (Å²) in [6.07, 6.45) is 2.80. The van der Waals surface area contributed by atoms with Gasteiger partial charge >= 0.3 is 5.97 Å². The zero-order valence-electron chi connectivity index (χ0n) is 13.8. The van der Waals surface area contributed by atoms with Gasteiger partial charge in [-0.15, -0.1) is 0 Å². The Kier molecular flexibility index (Phi) is 3.72. The number of carboxylic acid groups (broad SMARTS) is 1. The summed E-state index contributed by atoms with van der Waals surface area (Å²) in [6.45, 7) is 0.264. The highest BCUT2D eigenvalue weighted by Gasteiger charge is 2.42. The number of aliphatic carboxylic acids is 1. The molecule has 0 spiro atoms. The average Bonchev–Trinajstić information content (AvgIpc) is 3.45. The lowest BCUT2D eigenvalue weighted by atomic mass is 9.92. The van der Waals surface area contributed by atoms with Crippen molar-refractivity contribution in [1.82, 2.24) is 9.88 Å². The lowest BCUT2D eigenvalue weighted by Crippen LogP contribution is -2.54. The van der Waals surface area contributed by atoms with Crippen LogP contribution in [0, 0.1) is 0 Å². The van der Waals surface area contributed by atoms with Gasteiger partial charge in [0.1, 0.15) is 0 Å². The summed E-state index contributed by atoms with van der Waals surface area (Å²) < 4.78 is 0. The summed E-state index contributed by atoms with van der Waals surface area (Å²) >= 11 is 0. The number of amides is 1. The quantitative estimate of drug-likeness (QED) is 0.893. The van der Waals surface area contributed by atoms with Gasteiger partial charge in [0.25, 0.3) is 5.91 Å². The number of carbonyl (C=O) groups excluding carboxylic acids is 1. The predicted octanol–water partition coefficient (Wildman–Crippen LogP) is 2.16. The summed E-state index contributed by atoms with van der Waals surface area (Å²) in [5.74, 6) is -1.10. The van der Waals surface area contributed by atoms with E-state index in [1.165, 1.54) is 4.90 Å². The van der Waals surface area contributed by atoms with E-state index in [0.717, 1.165) is 29.4 Å². The molecule has 1 atom stereocenters. The number of hydrogen-bond donors (Lipinski definition) is 2. The number of aromatic nitrogens is 1. The van der Waals surface area contributed by atoms with Crippen molar-refractivity contribution in [3.8, 4) is 0 Å². The Bertz CT molecular complexity index is 862. The van der Waals surface area contributed by atoms with Gasteiger partial charge in [0.05, 0.1) is 17.6 Å². The summed E-state index contributed by atoms with van der Waals surface area (Å²) in [5.41, 5.74) is 0.381. The molecule has 2 aliphatic rings. The van der Waals surface area contributed by atoms with Crippen LogP contribution in [0.1, 0.15) is 47.7 Å². The molecule has 0 unspecified atom stereocenters. The molecule has 1 aromatic carbocycles. The Morgan fingerprint density at radius 1 is 1.24 bits per heavy atom. The molecule has 2 fully saturated rings. The molecule has 1 aliphatic carbocycles. The van der Waals surface area contributed by atoms with Crippen molar-refractivity contribution in [2.45, 2.75) is 37.2 Å². The number of para-hydroxylation sites is 1. The third-order valence-corrected chi connectivity index (χ3v) is 5.12. The monoisotopic (exact) mass is 340 g/mol. The maximum Gasteiger partial charge on any atom is 0.337 e. The van der Waals surface area contributed by atoms with Crippen molar-refractivity contribution in [2.75, 3.05) is 13.1 Å². The summed E-state index contributed by atoms with van der Waals surface area (Å²) in [4.78, 5) is 30.6. The van der Waals surface area contributed by atoms with Gasteiger partial charge in [0.15, 0.2) is 5.60 Å². The van der Waals surface area contributed by atoms with Crippen LogP contribution in [0.3, 0.4) is 0 Å². The van der Waals surface area contributed by atoms with E-state index in [-0.39, 0.29) is 18.9 Å². The number of benzene rings is 1. The number of pyridine rings is 1. The molecule has 6 heteroatoms. The molecule has 4 rings (SSSR count). The van der Waals surface area contributed by atoms with Gasteiger partial charge in [0.2, 0.25) is 0 Å². The third kappa shape index (κ3) is 2.87. The van der Waals surface area contributed by atoms with E-state index >= 15 is 0 Å². The van der Waals surface area contributed by atoms with Crippen LogP contribution < -0.4 is 0 Å². The van der Waals surface area contributed by atoms with E-state index in [0.29, 0.717) is 24.4 Å². The molecule has 2 N–H and O–H groups in total. The van der Waals surface area contributed by atoms with E-state index in [9.17, 15) is 19.8 Å². The number of β-amino-alcohol motifs (C(OH)–C–C–N with tert-alkyl or cyclic N) is 1. The molecule has 2 aromatic rings. The molecule has 1 amide bonds. The largest absolute Gasteiger partial charge is 0.479 e. The molecule has 25 heavy (non-hydrogen) atoms. The summed E-state index contributed by atoms with van der Waals surface area (Å²) in [6, 6.07) is 9.35. The normalized spacial score (nSPS) is 23.6. The standard InChI is InChI=1S/C19H20N2O4/c22-17(21-9-3-8-19(25,11-21)18(23)24)14-10-16(12-6-7-12)20-15-5-2-1-4-13(14)15/h1-2,4-5,10,12,25H,3,6-9,11H2,(H,23,24)/t19-/m1/s1. The van der Waals surface area contributed by atoms with Gasteiger partial charge in [0, 0.05) is 23.5 Å². The maximum absolute atomic E-state index is 13.1. The molecule has 1 aliphatic heterocycles. The second kappa shape index (κ2) is 5.81. The number of fused-ring (bicyclic) bond motifs is 1. The molecule has 1 saturated heterocycles. The first kappa shape index (κ1) is 16.0. The Hall–Kier alpha value is -2.47. The number of aliphatic hydroxyl groups is 1. The number of rotatable bonds is 3. The van der Waals surface area contributed by atoms with Crippen molar-refractivity contribution in [3.63, 3.8) is 0 Å². The molecule has 0 radical (unpaired) electrons. The van der Waals surface area contributed by atoms with E-state index in [4.69, 9.17) is 0 Å². The number of likely N-dealkylation sites (tertiary alicyclic amines) is 1. The second-order valence-corrected chi connectivity index (χ2v) is 7.05. The smallest absolute Gasteiger partial charge is 0.337 e. The number of piperidine rings is 1. The summed E-state index contributed by atoms with van der Waals surface area (Å²) in [5, 5.41) is 20.3. The lowest BCUT2D eigenvalue weighted by Gasteiger charge is -2.36. The Morgan fingerprint density at radius 2 is 2.00 bits per heavy atom. The van der Waals surface area contributed by atoms with E-state index in [1.54, 1.807) is 0 Å². The van der Waals surface area contributed by atoms with Gasteiger partial charge in [-0.05, 0) is 37.8 Å². The zero-order valence-corrected chi connectivity index (χ0v) is 13.8. The Morgan fingerprint density at radius 3 is 2.72 bits per heavy atom. The number of nitrogens with zero attached hydrogens (tertiary/aromatic N) is 2. The average molecular weight is 340 g/mol. The number of carboxylic acids is 1. The molecule has 1 aromatic heterocycles. The van der Waals surface area contributed by atoms with Crippen LogP contribution in [0.5, 0.6) is 0 Å². The van der Waals surface area contributed by atoms with Crippen molar-refractivity contribution in [2.24, 2.45) is 0 Å². The van der Waals surface area contributed by atoms with Crippen LogP contribution in [-0.2, 0) is 4.79 Å². The fourth-order valence-corrected chi connectivity index (χ4v) is 3.52. The van der Waals surface area contributed by atoms with Gasteiger partial charge < -0.3 is 15.1 Å². The molecular formula is C19H20N2O4. The van der Waals surface area contributed by atoms with E-state index < -0.39 is 11.6 Å². The Labute approximate surface area is 145 Å². The van der Waals surface area contributed by atoms with Gasteiger partial charge in [-0.3, -0.25) is 9.78 Å². The lowest BCUT2D eigenvalue weighted by molar-refractivity contribution is -0.163. The topological polar surface area (TPSA) is 90.7 Å². The SMILES string of the molecule is O=C(c1cc(C2CC2)nc2ccccc12)N1CCC[C@](O)(C(=O)O)C1.